The zero-order valence-corrected chi connectivity index (χ0v) is 25.9. The lowest BCUT2D eigenvalue weighted by molar-refractivity contribution is 0.165. The number of rotatable bonds is 7. The summed E-state index contributed by atoms with van der Waals surface area (Å²) < 4.78 is 12.9. The monoisotopic (exact) mass is 549 g/mol. The van der Waals surface area contributed by atoms with E-state index < -0.39 is 0 Å². The highest BCUT2D eigenvalue weighted by Crippen LogP contribution is 2.41. The SMILES string of the molecule is C=C(CN1CCC(CC)(c2cc(Cl)ccc2C)CC1)C1=CCC(CC)C=C1.C=Cc1cccc(C)c1F.CC. The highest BCUT2D eigenvalue weighted by atomic mass is 35.5. The van der Waals surface area contributed by atoms with E-state index in [9.17, 15) is 4.39 Å². The molecule has 39 heavy (non-hydrogen) atoms. The van der Waals surface area contributed by atoms with Crippen LogP contribution >= 0.6 is 11.6 Å². The first kappa shape index (κ1) is 32.8. The standard InChI is InChI=1S/C25H34ClN.C9H9F.C2H6/c1-5-21-8-10-22(11-9-21)20(4)18-27-15-13-25(6-2,14-16-27)24-17-23(26)12-7-19(24)3;1-3-8-6-4-5-7(2)9(8)10;1-2/h7-8,10-12,17,21H,4-6,9,13-16,18H2,1-3H3;3-6H,1H2,2H3;1-2H3. The summed E-state index contributed by atoms with van der Waals surface area (Å²) in [4.78, 5) is 2.58. The summed E-state index contributed by atoms with van der Waals surface area (Å²) in [5.74, 6) is 0.542. The lowest BCUT2D eigenvalue weighted by atomic mass is 9.69. The number of halogens is 2. The Morgan fingerprint density at radius 1 is 1.10 bits per heavy atom. The first-order chi connectivity index (χ1) is 18.7. The molecule has 0 aromatic heterocycles. The van der Waals surface area contributed by atoms with Gasteiger partial charge in [-0.15, -0.1) is 0 Å². The maximum absolute atomic E-state index is 12.9. The maximum Gasteiger partial charge on any atom is 0.133 e. The van der Waals surface area contributed by atoms with Crippen LogP contribution in [0.5, 0.6) is 0 Å². The second-order valence-corrected chi connectivity index (χ2v) is 11.0. The van der Waals surface area contributed by atoms with E-state index in [-0.39, 0.29) is 11.2 Å². The molecule has 1 heterocycles. The predicted octanol–water partition coefficient (Wildman–Crippen LogP) is 10.7. The van der Waals surface area contributed by atoms with Crippen LogP contribution in [0.1, 0.15) is 82.1 Å². The summed E-state index contributed by atoms with van der Waals surface area (Å²) >= 11 is 6.32. The molecule has 0 bridgehead atoms. The van der Waals surface area contributed by atoms with Crippen LogP contribution in [-0.4, -0.2) is 24.5 Å². The van der Waals surface area contributed by atoms with Gasteiger partial charge in [-0.1, -0.05) is 101 Å². The molecule has 0 spiro atoms. The summed E-state index contributed by atoms with van der Waals surface area (Å²) in [6.45, 7) is 23.7. The maximum atomic E-state index is 12.9. The van der Waals surface area contributed by atoms with Gasteiger partial charge in [0.1, 0.15) is 5.82 Å². The van der Waals surface area contributed by atoms with Gasteiger partial charge in [-0.2, -0.15) is 0 Å². The van der Waals surface area contributed by atoms with Gasteiger partial charge in [0.2, 0.25) is 0 Å². The number of aryl methyl sites for hydroxylation is 2. The fraction of sp³-hybridized carbons (Fsp3) is 0.444. The molecule has 1 aliphatic heterocycles. The van der Waals surface area contributed by atoms with Crippen molar-refractivity contribution in [2.45, 2.75) is 79.1 Å². The number of piperidine rings is 1. The highest BCUT2D eigenvalue weighted by molar-refractivity contribution is 6.30. The first-order valence-electron chi connectivity index (χ1n) is 14.7. The van der Waals surface area contributed by atoms with Gasteiger partial charge < -0.3 is 0 Å². The zero-order valence-electron chi connectivity index (χ0n) is 25.1. The molecule has 2 aromatic carbocycles. The third-order valence-corrected chi connectivity index (χ3v) is 8.47. The minimum atomic E-state index is -0.169. The number of hydrogen-bond acceptors (Lipinski definition) is 1. The summed E-state index contributed by atoms with van der Waals surface area (Å²) in [7, 11) is 0. The molecule has 2 aliphatic rings. The number of benzene rings is 2. The van der Waals surface area contributed by atoms with Crippen LogP contribution in [-0.2, 0) is 5.41 Å². The van der Waals surface area contributed by atoms with E-state index in [0.717, 1.165) is 31.1 Å². The first-order valence-corrected chi connectivity index (χ1v) is 15.0. The van der Waals surface area contributed by atoms with Gasteiger partial charge in [0.05, 0.1) is 0 Å². The van der Waals surface area contributed by atoms with Crippen molar-refractivity contribution in [2.24, 2.45) is 5.92 Å². The van der Waals surface area contributed by atoms with Crippen LogP contribution in [0.2, 0.25) is 5.02 Å². The minimum absolute atomic E-state index is 0.169. The summed E-state index contributed by atoms with van der Waals surface area (Å²) in [6, 6.07) is 11.6. The molecule has 0 amide bonds. The lowest BCUT2D eigenvalue weighted by Gasteiger charge is -2.43. The van der Waals surface area contributed by atoms with Crippen molar-refractivity contribution in [3.63, 3.8) is 0 Å². The predicted molar refractivity (Wildman–Crippen MR) is 171 cm³/mol. The van der Waals surface area contributed by atoms with Crippen molar-refractivity contribution >= 4 is 17.7 Å². The second-order valence-electron chi connectivity index (χ2n) is 10.6. The number of hydrogen-bond donors (Lipinski definition) is 0. The van der Waals surface area contributed by atoms with Crippen LogP contribution in [0.3, 0.4) is 0 Å². The van der Waals surface area contributed by atoms with E-state index in [4.69, 9.17) is 11.6 Å². The van der Waals surface area contributed by atoms with Gasteiger partial charge in [-0.05, 0) is 110 Å². The second kappa shape index (κ2) is 16.0. The van der Waals surface area contributed by atoms with Crippen molar-refractivity contribution in [1.29, 1.82) is 0 Å². The normalized spacial score (nSPS) is 18.2. The summed E-state index contributed by atoms with van der Waals surface area (Å²) in [5, 5.41) is 0.862. The zero-order chi connectivity index (χ0) is 29.0. The van der Waals surface area contributed by atoms with E-state index in [1.807, 2.05) is 26.0 Å². The molecule has 1 fully saturated rings. The quantitative estimate of drug-likeness (QED) is 0.332. The molecular weight excluding hydrogens is 501 g/mol. The Morgan fingerprint density at radius 3 is 2.33 bits per heavy atom. The fourth-order valence-corrected chi connectivity index (χ4v) is 5.71. The van der Waals surface area contributed by atoms with Gasteiger partial charge in [-0.3, -0.25) is 4.90 Å². The van der Waals surface area contributed by atoms with Crippen molar-refractivity contribution in [2.75, 3.05) is 19.6 Å². The lowest BCUT2D eigenvalue weighted by Crippen LogP contribution is -2.43. The Hall–Kier alpha value is -2.42. The van der Waals surface area contributed by atoms with Gasteiger partial charge >= 0.3 is 0 Å². The average Bonchev–Trinajstić information content (AvgIpc) is 2.98. The smallest absolute Gasteiger partial charge is 0.133 e. The van der Waals surface area contributed by atoms with Gasteiger partial charge in [0.25, 0.3) is 0 Å². The molecule has 1 aliphatic carbocycles. The van der Waals surface area contributed by atoms with E-state index in [0.29, 0.717) is 17.0 Å². The Kier molecular flexibility index (Phi) is 13.4. The van der Waals surface area contributed by atoms with E-state index in [1.54, 1.807) is 19.1 Å². The van der Waals surface area contributed by atoms with Gasteiger partial charge in [0.15, 0.2) is 0 Å². The Morgan fingerprint density at radius 2 is 1.79 bits per heavy atom. The fourth-order valence-electron chi connectivity index (χ4n) is 5.54. The Bertz CT molecular complexity index is 1150. The molecule has 1 unspecified atom stereocenters. The van der Waals surface area contributed by atoms with Crippen LogP contribution in [0.4, 0.5) is 4.39 Å². The Labute approximate surface area is 243 Å². The van der Waals surface area contributed by atoms with Crippen LogP contribution < -0.4 is 0 Å². The molecule has 3 heteroatoms. The molecule has 1 nitrogen and oxygen atoms in total. The van der Waals surface area contributed by atoms with Gasteiger partial charge in [0, 0.05) is 17.1 Å². The third kappa shape index (κ3) is 8.78. The molecule has 1 atom stereocenters. The molecule has 0 N–H and O–H groups in total. The third-order valence-electron chi connectivity index (χ3n) is 8.24. The highest BCUT2D eigenvalue weighted by Gasteiger charge is 2.35. The van der Waals surface area contributed by atoms with Gasteiger partial charge in [-0.25, -0.2) is 4.39 Å². The molecule has 0 saturated carbocycles. The number of nitrogens with zero attached hydrogens (tertiary/aromatic N) is 1. The average molecular weight is 550 g/mol. The largest absolute Gasteiger partial charge is 0.299 e. The van der Waals surface area contributed by atoms with E-state index >= 15 is 0 Å². The van der Waals surface area contributed by atoms with E-state index in [2.05, 4.69) is 69.2 Å². The summed E-state index contributed by atoms with van der Waals surface area (Å²) in [5.41, 5.74) is 6.95. The van der Waals surface area contributed by atoms with E-state index in [1.165, 1.54) is 54.0 Å². The molecule has 1 saturated heterocycles. The van der Waals surface area contributed by atoms with Crippen molar-refractivity contribution in [1.82, 2.24) is 4.90 Å². The summed E-state index contributed by atoms with van der Waals surface area (Å²) in [6.07, 6.45) is 14.5. The van der Waals surface area contributed by atoms with Crippen molar-refractivity contribution in [3.8, 4) is 0 Å². The Balaban J connectivity index is 0.000000372. The molecule has 4 rings (SSSR count). The molecule has 0 radical (unpaired) electrons. The molecular formula is C36H49ClFN. The molecule has 2 aromatic rings. The van der Waals surface area contributed by atoms with Crippen molar-refractivity contribution < 1.29 is 4.39 Å². The van der Waals surface area contributed by atoms with Crippen LogP contribution in [0, 0.1) is 25.6 Å². The van der Waals surface area contributed by atoms with Crippen molar-refractivity contribution in [3.05, 3.63) is 112 Å². The minimum Gasteiger partial charge on any atom is -0.299 e. The number of allylic oxidation sites excluding steroid dienone is 3. The number of likely N-dealkylation sites (tertiary alicyclic amines) is 1. The van der Waals surface area contributed by atoms with Crippen LogP contribution in [0.15, 0.2) is 78.9 Å². The molecule has 212 valence electrons. The van der Waals surface area contributed by atoms with Crippen LogP contribution in [0.25, 0.3) is 6.08 Å². The topological polar surface area (TPSA) is 3.24 Å².